The predicted octanol–water partition coefficient (Wildman–Crippen LogP) is 3.54. The largest absolute Gasteiger partial charge is 0.394 e. The molecule has 1 rings (SSSR count). The van der Waals surface area contributed by atoms with Gasteiger partial charge >= 0.3 is 0 Å². The molecule has 4 heteroatoms. The van der Waals surface area contributed by atoms with E-state index in [0.717, 1.165) is 17.3 Å². The van der Waals surface area contributed by atoms with Crippen LogP contribution >= 0.6 is 0 Å². The number of nitrogens with zero attached hydrogens (tertiary/aromatic N) is 2. The third kappa shape index (κ3) is 4.44. The maximum absolute atomic E-state index is 9.57. The Morgan fingerprint density at radius 1 is 1.10 bits per heavy atom. The zero-order valence-corrected chi connectivity index (χ0v) is 13.9. The van der Waals surface area contributed by atoms with E-state index in [2.05, 4.69) is 63.8 Å². The Kier molecular flexibility index (Phi) is 5.51. The Labute approximate surface area is 123 Å². The number of anilines is 1. The first-order chi connectivity index (χ1) is 9.15. The lowest BCUT2D eigenvalue weighted by molar-refractivity contribution is 0.201. The van der Waals surface area contributed by atoms with Crippen molar-refractivity contribution in [1.82, 2.24) is 9.97 Å². The molecule has 0 aromatic carbocycles. The van der Waals surface area contributed by atoms with Gasteiger partial charge < -0.3 is 10.4 Å². The van der Waals surface area contributed by atoms with Crippen molar-refractivity contribution in [3.63, 3.8) is 0 Å². The average Bonchev–Trinajstić information content (AvgIpc) is 2.33. The zero-order chi connectivity index (χ0) is 15.5. The summed E-state index contributed by atoms with van der Waals surface area (Å²) in [4.78, 5) is 9.20. The van der Waals surface area contributed by atoms with Gasteiger partial charge in [-0.15, -0.1) is 0 Å². The van der Waals surface area contributed by atoms with Crippen molar-refractivity contribution >= 4 is 5.82 Å². The third-order valence-electron chi connectivity index (χ3n) is 3.42. The number of nitrogens with one attached hydrogen (secondary N) is 1. The van der Waals surface area contributed by atoms with Crippen molar-refractivity contribution in [2.45, 2.75) is 66.3 Å². The molecule has 0 unspecified atom stereocenters. The minimum Gasteiger partial charge on any atom is -0.394 e. The van der Waals surface area contributed by atoms with E-state index in [0.29, 0.717) is 5.92 Å². The molecule has 20 heavy (non-hydrogen) atoms. The molecular weight excluding hydrogens is 250 g/mol. The molecule has 0 aliphatic rings. The third-order valence-corrected chi connectivity index (χ3v) is 3.42. The van der Waals surface area contributed by atoms with E-state index in [1.807, 2.05) is 6.07 Å². The molecule has 1 atom stereocenters. The number of hydrogen-bond acceptors (Lipinski definition) is 4. The van der Waals surface area contributed by atoms with Gasteiger partial charge in [0.05, 0.1) is 12.6 Å². The molecule has 0 fully saturated rings. The Bertz CT molecular complexity index is 410. The van der Waals surface area contributed by atoms with Crippen LogP contribution in [-0.2, 0) is 0 Å². The van der Waals surface area contributed by atoms with Crippen molar-refractivity contribution in [3.05, 3.63) is 17.6 Å². The van der Waals surface area contributed by atoms with Crippen LogP contribution in [-0.4, -0.2) is 27.7 Å². The second-order valence-electron chi connectivity index (χ2n) is 7.09. The highest BCUT2D eigenvalue weighted by Crippen LogP contribution is 2.24. The maximum atomic E-state index is 9.57. The number of hydrogen-bond donors (Lipinski definition) is 2. The Morgan fingerprint density at radius 3 is 2.10 bits per heavy atom. The Balaban J connectivity index is 3.10. The zero-order valence-electron chi connectivity index (χ0n) is 13.9. The molecular formula is C16H29N3O. The van der Waals surface area contributed by atoms with E-state index in [1.165, 1.54) is 0 Å². The van der Waals surface area contributed by atoms with Crippen LogP contribution in [0.4, 0.5) is 5.82 Å². The minimum atomic E-state index is -0.0321. The van der Waals surface area contributed by atoms with Crippen molar-refractivity contribution in [3.8, 4) is 0 Å². The molecule has 1 heterocycles. The van der Waals surface area contributed by atoms with Crippen molar-refractivity contribution in [1.29, 1.82) is 0 Å². The summed E-state index contributed by atoms with van der Waals surface area (Å²) in [6, 6.07) is 1.96. The molecule has 1 aromatic rings. The molecule has 0 radical (unpaired) electrons. The first-order valence-electron chi connectivity index (χ1n) is 7.41. The fourth-order valence-corrected chi connectivity index (χ4v) is 1.83. The normalized spacial score (nSPS) is 13.9. The molecule has 0 saturated heterocycles. The molecule has 0 spiro atoms. The first-order valence-corrected chi connectivity index (χ1v) is 7.41. The summed E-state index contributed by atoms with van der Waals surface area (Å²) in [5.41, 5.74) is 1.01. The number of aliphatic hydroxyl groups is 1. The fraction of sp³-hybridized carbons (Fsp3) is 0.750. The Morgan fingerprint density at radius 2 is 1.70 bits per heavy atom. The molecule has 0 saturated carbocycles. The quantitative estimate of drug-likeness (QED) is 0.865. The predicted molar refractivity (Wildman–Crippen MR) is 84.2 cm³/mol. The summed E-state index contributed by atoms with van der Waals surface area (Å²) in [5, 5.41) is 12.9. The number of rotatable bonds is 5. The minimum absolute atomic E-state index is 0.0302. The summed E-state index contributed by atoms with van der Waals surface area (Å²) in [5.74, 6) is 2.31. The maximum Gasteiger partial charge on any atom is 0.133 e. The van der Waals surface area contributed by atoms with E-state index in [-0.39, 0.29) is 24.0 Å². The summed E-state index contributed by atoms with van der Waals surface area (Å²) >= 11 is 0. The highest BCUT2D eigenvalue weighted by molar-refractivity contribution is 5.39. The van der Waals surface area contributed by atoms with Crippen LogP contribution in [0.2, 0.25) is 0 Å². The van der Waals surface area contributed by atoms with Gasteiger partial charge in [-0.2, -0.15) is 0 Å². The number of aromatic nitrogens is 2. The summed E-state index contributed by atoms with van der Waals surface area (Å²) in [6.07, 6.45) is 0. The van der Waals surface area contributed by atoms with Crippen LogP contribution in [0.1, 0.15) is 71.8 Å². The fourth-order valence-electron chi connectivity index (χ4n) is 1.83. The molecule has 0 aliphatic heterocycles. The molecule has 0 bridgehead atoms. The van der Waals surface area contributed by atoms with Gasteiger partial charge in [0, 0.05) is 17.7 Å². The summed E-state index contributed by atoms with van der Waals surface area (Å²) in [7, 11) is 0. The van der Waals surface area contributed by atoms with Crippen molar-refractivity contribution in [2.24, 2.45) is 5.41 Å². The van der Waals surface area contributed by atoms with Gasteiger partial charge in [-0.3, -0.25) is 0 Å². The summed E-state index contributed by atoms with van der Waals surface area (Å²) < 4.78 is 0. The van der Waals surface area contributed by atoms with Crippen molar-refractivity contribution < 1.29 is 5.11 Å². The van der Waals surface area contributed by atoms with Gasteiger partial charge in [0.2, 0.25) is 0 Å². The van der Waals surface area contributed by atoms with Crippen LogP contribution < -0.4 is 5.32 Å². The molecule has 114 valence electrons. The molecule has 0 aliphatic carbocycles. The van der Waals surface area contributed by atoms with Gasteiger partial charge in [-0.25, -0.2) is 9.97 Å². The second-order valence-corrected chi connectivity index (χ2v) is 7.09. The lowest BCUT2D eigenvalue weighted by Gasteiger charge is -2.30. The topological polar surface area (TPSA) is 58.0 Å². The van der Waals surface area contributed by atoms with Gasteiger partial charge in [-0.1, -0.05) is 48.5 Å². The van der Waals surface area contributed by atoms with E-state index in [4.69, 9.17) is 0 Å². The average molecular weight is 279 g/mol. The van der Waals surface area contributed by atoms with Gasteiger partial charge in [0.25, 0.3) is 0 Å². The standard InChI is InChI=1S/C16H29N3O/c1-10(2)12-8-14(19-15(17-12)11(3)4)18-13(9-20)16(5,6)7/h8,10-11,13,20H,9H2,1-7H3,(H,17,18,19)/t13-/m1/s1. The first kappa shape index (κ1) is 16.9. The van der Waals surface area contributed by atoms with Crippen LogP contribution in [0.3, 0.4) is 0 Å². The second kappa shape index (κ2) is 6.53. The van der Waals surface area contributed by atoms with Gasteiger partial charge in [-0.05, 0) is 11.3 Å². The molecule has 4 nitrogen and oxygen atoms in total. The lowest BCUT2D eigenvalue weighted by atomic mass is 9.87. The lowest BCUT2D eigenvalue weighted by Crippen LogP contribution is -2.37. The van der Waals surface area contributed by atoms with Gasteiger partial charge in [0.1, 0.15) is 11.6 Å². The highest BCUT2D eigenvalue weighted by Gasteiger charge is 2.24. The smallest absolute Gasteiger partial charge is 0.133 e. The summed E-state index contributed by atoms with van der Waals surface area (Å²) in [6.45, 7) is 14.8. The van der Waals surface area contributed by atoms with E-state index >= 15 is 0 Å². The molecule has 1 aromatic heterocycles. The van der Waals surface area contributed by atoms with Gasteiger partial charge in [0.15, 0.2) is 0 Å². The van der Waals surface area contributed by atoms with Crippen LogP contribution in [0.5, 0.6) is 0 Å². The van der Waals surface area contributed by atoms with Crippen LogP contribution in [0, 0.1) is 5.41 Å². The number of aliphatic hydroxyl groups excluding tert-OH is 1. The van der Waals surface area contributed by atoms with Crippen LogP contribution in [0.25, 0.3) is 0 Å². The highest BCUT2D eigenvalue weighted by atomic mass is 16.3. The van der Waals surface area contributed by atoms with Crippen molar-refractivity contribution in [2.75, 3.05) is 11.9 Å². The van der Waals surface area contributed by atoms with E-state index in [9.17, 15) is 5.11 Å². The molecule has 2 N–H and O–H groups in total. The monoisotopic (exact) mass is 279 g/mol. The molecule has 0 amide bonds. The SMILES string of the molecule is CC(C)c1cc(N[C@H](CO)C(C)(C)C)nc(C(C)C)n1. The van der Waals surface area contributed by atoms with E-state index in [1.54, 1.807) is 0 Å². The Hall–Kier alpha value is -1.16. The van der Waals surface area contributed by atoms with E-state index < -0.39 is 0 Å². The van der Waals surface area contributed by atoms with Crippen LogP contribution in [0.15, 0.2) is 6.07 Å².